The lowest BCUT2D eigenvalue weighted by molar-refractivity contribution is 0.328. The molecule has 11 heavy (non-hydrogen) atoms. The van der Waals surface area contributed by atoms with Crippen molar-refractivity contribution in [1.29, 1.82) is 0 Å². The fourth-order valence-corrected chi connectivity index (χ4v) is 0.796. The molecule has 0 saturated heterocycles. The summed E-state index contributed by atoms with van der Waals surface area (Å²) in [6, 6.07) is 3.66. The molecular weight excluding hydrogens is 140 g/mol. The van der Waals surface area contributed by atoms with Crippen LogP contribution in [-0.2, 0) is 0 Å². The number of aryl methyl sites for hydroxylation is 1. The summed E-state index contributed by atoms with van der Waals surface area (Å²) in [7, 11) is 0. The van der Waals surface area contributed by atoms with E-state index in [0.717, 1.165) is 5.69 Å². The van der Waals surface area contributed by atoms with Crippen LogP contribution >= 0.6 is 0 Å². The largest absolute Gasteiger partial charge is 0.476 e. The van der Waals surface area contributed by atoms with E-state index in [9.17, 15) is 0 Å². The minimum Gasteiger partial charge on any atom is -0.476 e. The summed E-state index contributed by atoms with van der Waals surface area (Å²) in [5, 5.41) is 0. The van der Waals surface area contributed by atoms with Crippen LogP contribution in [0.25, 0.3) is 0 Å². The van der Waals surface area contributed by atoms with E-state index in [2.05, 4.69) is 4.98 Å². The average Bonchev–Trinajstić information content (AvgIpc) is 1.98. The lowest BCUT2D eigenvalue weighted by Gasteiger charge is -2.04. The molecule has 2 N–H and O–H groups in total. The molecule has 0 aliphatic carbocycles. The number of nitrogen functional groups attached to an aromatic ring is 1. The van der Waals surface area contributed by atoms with Gasteiger partial charge in [0.2, 0.25) is 5.88 Å². The molecule has 0 fully saturated rings. The second-order valence-electron chi connectivity index (χ2n) is 2.28. The second kappa shape index (κ2) is 3.23. The number of anilines is 1. The van der Waals surface area contributed by atoms with E-state index in [1.165, 1.54) is 0 Å². The van der Waals surface area contributed by atoms with Crippen LogP contribution in [0.15, 0.2) is 12.1 Å². The van der Waals surface area contributed by atoms with E-state index < -0.39 is 0 Å². The Hall–Kier alpha value is -1.25. The van der Waals surface area contributed by atoms with E-state index in [0.29, 0.717) is 18.2 Å². The second-order valence-corrected chi connectivity index (χ2v) is 2.28. The fourth-order valence-electron chi connectivity index (χ4n) is 0.796. The van der Waals surface area contributed by atoms with Gasteiger partial charge in [0.25, 0.3) is 0 Å². The Balaban J connectivity index is 2.93. The molecule has 0 bridgehead atoms. The molecule has 0 saturated carbocycles. The first-order chi connectivity index (χ1) is 5.24. The summed E-state index contributed by atoms with van der Waals surface area (Å²) in [6.45, 7) is 4.41. The molecule has 1 heterocycles. The number of nitrogens with two attached hydrogens (primary N) is 1. The van der Waals surface area contributed by atoms with Gasteiger partial charge in [-0.25, -0.2) is 4.98 Å². The highest BCUT2D eigenvalue weighted by molar-refractivity contribution is 5.47. The summed E-state index contributed by atoms with van der Waals surface area (Å²) < 4.78 is 5.18. The van der Waals surface area contributed by atoms with Crippen LogP contribution in [0.5, 0.6) is 5.88 Å². The van der Waals surface area contributed by atoms with Gasteiger partial charge in [-0.15, -0.1) is 0 Å². The van der Waals surface area contributed by atoms with E-state index in [4.69, 9.17) is 10.5 Å². The molecule has 3 heteroatoms. The maximum Gasteiger partial charge on any atom is 0.237 e. The molecule has 1 aromatic heterocycles. The Morgan fingerprint density at radius 2 is 2.27 bits per heavy atom. The van der Waals surface area contributed by atoms with Gasteiger partial charge in [0, 0.05) is 5.69 Å². The highest BCUT2D eigenvalue weighted by Crippen LogP contribution is 2.17. The third kappa shape index (κ3) is 1.83. The zero-order chi connectivity index (χ0) is 8.27. The van der Waals surface area contributed by atoms with Crippen LogP contribution in [0.2, 0.25) is 0 Å². The van der Waals surface area contributed by atoms with Crippen molar-refractivity contribution < 1.29 is 4.74 Å². The highest BCUT2D eigenvalue weighted by Gasteiger charge is 1.99. The topological polar surface area (TPSA) is 48.1 Å². The molecule has 0 spiro atoms. The summed E-state index contributed by atoms with van der Waals surface area (Å²) in [5.74, 6) is 0.535. The van der Waals surface area contributed by atoms with Gasteiger partial charge in [-0.05, 0) is 26.0 Å². The van der Waals surface area contributed by atoms with Crippen LogP contribution in [0.1, 0.15) is 12.6 Å². The zero-order valence-corrected chi connectivity index (χ0v) is 6.79. The van der Waals surface area contributed by atoms with Gasteiger partial charge in [-0.2, -0.15) is 0 Å². The average molecular weight is 152 g/mol. The van der Waals surface area contributed by atoms with E-state index in [1.807, 2.05) is 19.9 Å². The van der Waals surface area contributed by atoms with Gasteiger partial charge in [-0.1, -0.05) is 0 Å². The molecule has 1 rings (SSSR count). The molecular formula is C8H12N2O. The molecule has 0 radical (unpaired) electrons. The maximum atomic E-state index is 5.59. The van der Waals surface area contributed by atoms with Gasteiger partial charge in [0.1, 0.15) is 0 Å². The normalized spacial score (nSPS) is 9.64. The van der Waals surface area contributed by atoms with Crippen molar-refractivity contribution in [2.24, 2.45) is 0 Å². The third-order valence-corrected chi connectivity index (χ3v) is 1.31. The van der Waals surface area contributed by atoms with Crippen LogP contribution < -0.4 is 10.5 Å². The first kappa shape index (κ1) is 7.85. The molecule has 3 nitrogen and oxygen atoms in total. The van der Waals surface area contributed by atoms with Crippen molar-refractivity contribution in [3.05, 3.63) is 17.8 Å². The van der Waals surface area contributed by atoms with Crippen molar-refractivity contribution in [3.8, 4) is 5.88 Å². The van der Waals surface area contributed by atoms with Crippen LogP contribution in [0.4, 0.5) is 5.69 Å². The number of hydrogen-bond acceptors (Lipinski definition) is 3. The Kier molecular flexibility index (Phi) is 2.31. The number of pyridine rings is 1. The molecule has 0 aliphatic heterocycles. The van der Waals surface area contributed by atoms with E-state index in [-0.39, 0.29) is 0 Å². The predicted molar refractivity (Wildman–Crippen MR) is 44.6 cm³/mol. The molecule has 1 aromatic rings. The van der Waals surface area contributed by atoms with Crippen LogP contribution in [-0.4, -0.2) is 11.6 Å². The van der Waals surface area contributed by atoms with Gasteiger partial charge in [0.05, 0.1) is 12.3 Å². The van der Waals surface area contributed by atoms with Crippen LogP contribution in [0, 0.1) is 6.92 Å². The van der Waals surface area contributed by atoms with Crippen LogP contribution in [0.3, 0.4) is 0 Å². The Bertz CT molecular complexity index is 248. The van der Waals surface area contributed by atoms with Crippen molar-refractivity contribution in [3.63, 3.8) is 0 Å². The number of rotatable bonds is 2. The number of aromatic nitrogens is 1. The summed E-state index contributed by atoms with van der Waals surface area (Å²) in [5.41, 5.74) is 7.10. The van der Waals surface area contributed by atoms with Gasteiger partial charge >= 0.3 is 0 Å². The van der Waals surface area contributed by atoms with Crippen molar-refractivity contribution in [2.75, 3.05) is 12.3 Å². The third-order valence-electron chi connectivity index (χ3n) is 1.31. The summed E-state index contributed by atoms with van der Waals surface area (Å²) in [6.07, 6.45) is 0. The lowest BCUT2D eigenvalue weighted by Crippen LogP contribution is -1.99. The van der Waals surface area contributed by atoms with E-state index in [1.54, 1.807) is 6.07 Å². The van der Waals surface area contributed by atoms with Crippen molar-refractivity contribution in [2.45, 2.75) is 13.8 Å². The zero-order valence-electron chi connectivity index (χ0n) is 6.79. The van der Waals surface area contributed by atoms with Gasteiger partial charge < -0.3 is 10.5 Å². The SMILES string of the molecule is CCOc1nc(C)ccc1N. The van der Waals surface area contributed by atoms with E-state index >= 15 is 0 Å². The van der Waals surface area contributed by atoms with Gasteiger partial charge in [0.15, 0.2) is 0 Å². The molecule has 0 aromatic carbocycles. The smallest absolute Gasteiger partial charge is 0.237 e. The molecule has 0 amide bonds. The van der Waals surface area contributed by atoms with Crippen molar-refractivity contribution >= 4 is 5.69 Å². The first-order valence-electron chi connectivity index (χ1n) is 3.60. The Morgan fingerprint density at radius 3 is 2.91 bits per heavy atom. The fraction of sp³-hybridized carbons (Fsp3) is 0.375. The number of nitrogens with zero attached hydrogens (tertiary/aromatic N) is 1. The highest BCUT2D eigenvalue weighted by atomic mass is 16.5. The summed E-state index contributed by atoms with van der Waals surface area (Å²) >= 11 is 0. The maximum absolute atomic E-state index is 5.59. The summed E-state index contributed by atoms with van der Waals surface area (Å²) in [4.78, 5) is 4.12. The lowest BCUT2D eigenvalue weighted by atomic mass is 10.3. The van der Waals surface area contributed by atoms with Gasteiger partial charge in [-0.3, -0.25) is 0 Å². The number of ether oxygens (including phenoxy) is 1. The standard InChI is InChI=1S/C8H12N2O/c1-3-11-8-7(9)5-4-6(2)10-8/h4-5H,3,9H2,1-2H3. The molecule has 0 unspecified atom stereocenters. The predicted octanol–water partition coefficient (Wildman–Crippen LogP) is 1.37. The monoisotopic (exact) mass is 152 g/mol. The first-order valence-corrected chi connectivity index (χ1v) is 3.60. The quantitative estimate of drug-likeness (QED) is 0.696. The molecule has 0 atom stereocenters. The number of hydrogen-bond donors (Lipinski definition) is 1. The molecule has 60 valence electrons. The minimum atomic E-state index is 0.535. The Morgan fingerprint density at radius 1 is 1.55 bits per heavy atom. The minimum absolute atomic E-state index is 0.535. The van der Waals surface area contributed by atoms with Crippen molar-refractivity contribution in [1.82, 2.24) is 4.98 Å². The Labute approximate surface area is 66.2 Å². The molecule has 0 aliphatic rings.